The number of rotatable bonds is 2. The first-order valence-electron chi connectivity index (χ1n) is 5.73. The number of hydrogen-bond acceptors (Lipinski definition) is 2. The summed E-state index contributed by atoms with van der Waals surface area (Å²) in [7, 11) is 0. The third-order valence-corrected chi connectivity index (χ3v) is 3.19. The van der Waals surface area contributed by atoms with Crippen molar-refractivity contribution in [1.29, 1.82) is 0 Å². The summed E-state index contributed by atoms with van der Waals surface area (Å²) < 4.78 is 0. The van der Waals surface area contributed by atoms with Gasteiger partial charge in [0.25, 0.3) is 0 Å². The predicted molar refractivity (Wildman–Crippen MR) is 69.5 cm³/mol. The van der Waals surface area contributed by atoms with E-state index in [0.717, 1.165) is 21.9 Å². The highest BCUT2D eigenvalue weighted by Gasteiger charge is 2.14. The van der Waals surface area contributed by atoms with E-state index in [1.807, 2.05) is 18.2 Å². The minimum Gasteiger partial charge on any atom is -0.273 e. The molecule has 0 atom stereocenters. The maximum Gasteiger partial charge on any atom is 0.240 e. The quantitative estimate of drug-likeness (QED) is 0.861. The number of hydrazone groups is 1. The van der Waals surface area contributed by atoms with Crippen molar-refractivity contribution in [2.75, 3.05) is 0 Å². The second-order valence-corrected chi connectivity index (χ2v) is 4.89. The molecule has 0 aromatic heterocycles. The molecule has 1 amide bonds. The van der Waals surface area contributed by atoms with Crippen LogP contribution in [0.4, 0.5) is 0 Å². The van der Waals surface area contributed by atoms with Crippen LogP contribution in [0.2, 0.25) is 5.02 Å². The van der Waals surface area contributed by atoms with Gasteiger partial charge >= 0.3 is 0 Å². The lowest BCUT2D eigenvalue weighted by molar-refractivity contribution is -0.121. The largest absolute Gasteiger partial charge is 0.273 e. The van der Waals surface area contributed by atoms with E-state index in [-0.39, 0.29) is 5.91 Å². The smallest absolute Gasteiger partial charge is 0.240 e. The van der Waals surface area contributed by atoms with Crippen molar-refractivity contribution in [3.8, 4) is 0 Å². The number of nitrogens with zero attached hydrogens (tertiary/aromatic N) is 1. The van der Waals surface area contributed by atoms with Gasteiger partial charge in [0.1, 0.15) is 0 Å². The van der Waals surface area contributed by atoms with E-state index in [0.29, 0.717) is 18.8 Å². The molecule has 0 fully saturated rings. The average Bonchev–Trinajstić information content (AvgIpc) is 2.29. The molecule has 1 aromatic rings. The third-order valence-electron chi connectivity index (χ3n) is 2.86. The molecule has 0 spiro atoms. The van der Waals surface area contributed by atoms with E-state index >= 15 is 0 Å². The van der Waals surface area contributed by atoms with Crippen LogP contribution in [-0.4, -0.2) is 11.6 Å². The summed E-state index contributed by atoms with van der Waals surface area (Å²) in [5.74, 6) is 0.378. The zero-order valence-corrected chi connectivity index (χ0v) is 10.7. The number of carbonyl (C=O) groups is 1. The molecule has 0 radical (unpaired) electrons. The first-order chi connectivity index (χ1) is 8.08. The molecule has 1 heterocycles. The number of amides is 1. The molecule has 0 saturated heterocycles. The third kappa shape index (κ3) is 2.67. The van der Waals surface area contributed by atoms with Crippen molar-refractivity contribution in [3.63, 3.8) is 0 Å². The topological polar surface area (TPSA) is 41.5 Å². The van der Waals surface area contributed by atoms with Crippen LogP contribution in [0.1, 0.15) is 43.7 Å². The van der Waals surface area contributed by atoms with Crippen LogP contribution < -0.4 is 5.43 Å². The van der Waals surface area contributed by atoms with Crippen molar-refractivity contribution in [1.82, 2.24) is 5.43 Å². The summed E-state index contributed by atoms with van der Waals surface area (Å²) in [5, 5.41) is 4.82. The fourth-order valence-electron chi connectivity index (χ4n) is 1.86. The molecule has 1 aliphatic rings. The van der Waals surface area contributed by atoms with Gasteiger partial charge in [-0.25, -0.2) is 5.43 Å². The van der Waals surface area contributed by atoms with Gasteiger partial charge in [-0.1, -0.05) is 37.6 Å². The Labute approximate surface area is 106 Å². The van der Waals surface area contributed by atoms with Gasteiger partial charge in [0.2, 0.25) is 5.91 Å². The van der Waals surface area contributed by atoms with Gasteiger partial charge in [-0.3, -0.25) is 4.79 Å². The van der Waals surface area contributed by atoms with Gasteiger partial charge in [-0.05, 0) is 23.1 Å². The van der Waals surface area contributed by atoms with Crippen LogP contribution in [0.3, 0.4) is 0 Å². The number of benzene rings is 1. The molecule has 1 aliphatic heterocycles. The van der Waals surface area contributed by atoms with Gasteiger partial charge in [0.05, 0.1) is 5.71 Å². The predicted octanol–water partition coefficient (Wildman–Crippen LogP) is 3.08. The number of halogens is 1. The van der Waals surface area contributed by atoms with E-state index < -0.39 is 0 Å². The van der Waals surface area contributed by atoms with Crippen LogP contribution in [0.15, 0.2) is 23.3 Å². The minimum absolute atomic E-state index is 0.0290. The second-order valence-electron chi connectivity index (χ2n) is 4.48. The van der Waals surface area contributed by atoms with Crippen LogP contribution in [0.25, 0.3) is 0 Å². The lowest BCUT2D eigenvalue weighted by Crippen LogP contribution is -2.25. The van der Waals surface area contributed by atoms with Crippen molar-refractivity contribution in [3.05, 3.63) is 34.3 Å². The Balaban J connectivity index is 2.29. The van der Waals surface area contributed by atoms with Gasteiger partial charge in [0.15, 0.2) is 0 Å². The molecule has 4 heteroatoms. The van der Waals surface area contributed by atoms with Crippen LogP contribution in [0.5, 0.6) is 0 Å². The Hall–Kier alpha value is -1.35. The maximum absolute atomic E-state index is 11.0. The molecule has 2 rings (SSSR count). The summed E-state index contributed by atoms with van der Waals surface area (Å²) in [4.78, 5) is 11.0. The average molecular weight is 251 g/mol. The Bertz CT molecular complexity index is 480. The molecular formula is C13H15ClN2O. The van der Waals surface area contributed by atoms with Crippen molar-refractivity contribution in [2.45, 2.75) is 32.6 Å². The van der Waals surface area contributed by atoms with E-state index in [2.05, 4.69) is 24.4 Å². The van der Waals surface area contributed by atoms with Gasteiger partial charge in [0, 0.05) is 17.9 Å². The fourth-order valence-corrected chi connectivity index (χ4v) is 2.26. The Morgan fingerprint density at radius 2 is 2.12 bits per heavy atom. The monoisotopic (exact) mass is 250 g/mol. The summed E-state index contributed by atoms with van der Waals surface area (Å²) >= 11 is 6.23. The normalized spacial score (nSPS) is 15.8. The molecule has 0 saturated carbocycles. The summed E-state index contributed by atoms with van der Waals surface area (Å²) in [5.41, 5.74) is 5.50. The SMILES string of the molecule is CC(C)c1ccc(C2=NNC(=O)CC2)cc1Cl. The maximum atomic E-state index is 11.0. The van der Waals surface area contributed by atoms with Gasteiger partial charge < -0.3 is 0 Å². The molecule has 1 aromatic carbocycles. The molecular weight excluding hydrogens is 236 g/mol. The Kier molecular flexibility index (Phi) is 3.48. The van der Waals surface area contributed by atoms with E-state index in [9.17, 15) is 4.79 Å². The summed E-state index contributed by atoms with van der Waals surface area (Å²) in [6.07, 6.45) is 1.16. The molecule has 17 heavy (non-hydrogen) atoms. The van der Waals surface area contributed by atoms with E-state index in [1.165, 1.54) is 0 Å². The molecule has 90 valence electrons. The summed E-state index contributed by atoms with van der Waals surface area (Å²) in [6, 6.07) is 5.96. The molecule has 0 unspecified atom stereocenters. The van der Waals surface area contributed by atoms with Crippen LogP contribution in [0, 0.1) is 0 Å². The Morgan fingerprint density at radius 1 is 1.35 bits per heavy atom. The minimum atomic E-state index is -0.0290. The summed E-state index contributed by atoms with van der Waals surface area (Å²) in [6.45, 7) is 4.22. The van der Waals surface area contributed by atoms with Crippen LogP contribution in [-0.2, 0) is 4.79 Å². The number of hydrogen-bond donors (Lipinski definition) is 1. The highest BCUT2D eigenvalue weighted by molar-refractivity contribution is 6.31. The number of carbonyl (C=O) groups excluding carboxylic acids is 1. The zero-order chi connectivity index (χ0) is 12.4. The second kappa shape index (κ2) is 4.88. The zero-order valence-electron chi connectivity index (χ0n) is 9.96. The van der Waals surface area contributed by atoms with Gasteiger partial charge in [-0.15, -0.1) is 0 Å². The molecule has 3 nitrogen and oxygen atoms in total. The standard InChI is InChI=1S/C13H15ClN2O/c1-8(2)10-4-3-9(7-11(10)14)12-5-6-13(17)16-15-12/h3-4,7-8H,5-6H2,1-2H3,(H,16,17). The van der Waals surface area contributed by atoms with Gasteiger partial charge in [-0.2, -0.15) is 5.10 Å². The highest BCUT2D eigenvalue weighted by Crippen LogP contribution is 2.26. The fraction of sp³-hybridized carbons (Fsp3) is 0.385. The van der Waals surface area contributed by atoms with Crippen LogP contribution >= 0.6 is 11.6 Å². The first-order valence-corrected chi connectivity index (χ1v) is 6.11. The lowest BCUT2D eigenvalue weighted by atomic mass is 9.98. The molecule has 0 bridgehead atoms. The van der Waals surface area contributed by atoms with Crippen molar-refractivity contribution < 1.29 is 4.79 Å². The number of nitrogens with one attached hydrogen (secondary N) is 1. The highest BCUT2D eigenvalue weighted by atomic mass is 35.5. The molecule has 1 N–H and O–H groups in total. The first kappa shape index (κ1) is 12.1. The van der Waals surface area contributed by atoms with E-state index in [4.69, 9.17) is 11.6 Å². The van der Waals surface area contributed by atoms with Crippen molar-refractivity contribution in [2.24, 2.45) is 5.10 Å². The molecule has 0 aliphatic carbocycles. The van der Waals surface area contributed by atoms with Crippen molar-refractivity contribution >= 4 is 23.2 Å². The van der Waals surface area contributed by atoms with E-state index in [1.54, 1.807) is 0 Å². The Morgan fingerprint density at radius 3 is 2.65 bits per heavy atom. The lowest BCUT2D eigenvalue weighted by Gasteiger charge is -2.14.